The molecule has 3 aromatic rings. The zero-order valence-corrected chi connectivity index (χ0v) is 17.6. The third-order valence-corrected chi connectivity index (χ3v) is 6.40. The first kappa shape index (κ1) is 20.3. The lowest BCUT2D eigenvalue weighted by Crippen LogP contribution is -2.46. The predicted molar refractivity (Wildman–Crippen MR) is 119 cm³/mol. The third kappa shape index (κ3) is 4.15. The summed E-state index contributed by atoms with van der Waals surface area (Å²) < 4.78 is 0. The van der Waals surface area contributed by atoms with E-state index in [-0.39, 0.29) is 30.4 Å². The van der Waals surface area contributed by atoms with Gasteiger partial charge in [0.05, 0.1) is 18.6 Å². The fourth-order valence-corrected chi connectivity index (χ4v) is 4.82. The summed E-state index contributed by atoms with van der Waals surface area (Å²) in [5.41, 5.74) is 3.32. The number of thiophene rings is 1. The lowest BCUT2D eigenvalue weighted by Gasteiger charge is -2.40. The molecule has 1 aliphatic heterocycles. The van der Waals surface area contributed by atoms with E-state index in [0.717, 1.165) is 21.7 Å². The van der Waals surface area contributed by atoms with Gasteiger partial charge < -0.3 is 15.3 Å². The van der Waals surface area contributed by atoms with Gasteiger partial charge in [-0.2, -0.15) is 0 Å². The first-order valence-corrected chi connectivity index (χ1v) is 10.9. The lowest BCUT2D eigenvalue weighted by atomic mass is 9.86. The molecule has 2 amide bonds. The molecule has 154 valence electrons. The van der Waals surface area contributed by atoms with Crippen LogP contribution in [0.5, 0.6) is 0 Å². The second-order valence-electron chi connectivity index (χ2n) is 7.55. The quantitative estimate of drug-likeness (QED) is 0.630. The molecule has 0 bridgehead atoms. The Bertz CT molecular complexity index is 1030. The van der Waals surface area contributed by atoms with Crippen molar-refractivity contribution in [1.82, 2.24) is 0 Å². The SMILES string of the molecule is Cc1ccc(N2C(=O)CCC(C(=O)Nc3cccc(CO)c3)C2c2cccs2)cc1. The van der Waals surface area contributed by atoms with Crippen LogP contribution in [0.4, 0.5) is 11.4 Å². The second kappa shape index (κ2) is 8.81. The summed E-state index contributed by atoms with van der Waals surface area (Å²) in [6.07, 6.45) is 0.819. The number of piperidine rings is 1. The Balaban J connectivity index is 1.68. The zero-order valence-electron chi connectivity index (χ0n) is 16.7. The first-order chi connectivity index (χ1) is 14.6. The van der Waals surface area contributed by atoms with Crippen LogP contribution in [-0.2, 0) is 16.2 Å². The molecule has 0 spiro atoms. The van der Waals surface area contributed by atoms with E-state index in [2.05, 4.69) is 5.32 Å². The Kier molecular flexibility index (Phi) is 5.97. The summed E-state index contributed by atoms with van der Waals surface area (Å²) in [4.78, 5) is 29.0. The smallest absolute Gasteiger partial charge is 0.229 e. The summed E-state index contributed by atoms with van der Waals surface area (Å²) in [6, 6.07) is 18.6. The van der Waals surface area contributed by atoms with Crippen LogP contribution in [-0.4, -0.2) is 16.9 Å². The summed E-state index contributed by atoms with van der Waals surface area (Å²) >= 11 is 1.56. The minimum Gasteiger partial charge on any atom is -0.392 e. The average Bonchev–Trinajstić information content (AvgIpc) is 3.29. The number of rotatable bonds is 5. The van der Waals surface area contributed by atoms with Gasteiger partial charge in [-0.1, -0.05) is 35.9 Å². The Hall–Kier alpha value is -2.96. The van der Waals surface area contributed by atoms with Crippen LogP contribution >= 0.6 is 11.3 Å². The molecule has 2 atom stereocenters. The van der Waals surface area contributed by atoms with E-state index in [1.54, 1.807) is 28.4 Å². The standard InChI is InChI=1S/C24H24N2O3S/c1-16-7-9-19(10-8-16)26-22(28)12-11-20(23(26)21-6-3-13-30-21)24(29)25-18-5-2-4-17(14-18)15-27/h2-10,13-14,20,23,27H,11-12,15H2,1H3,(H,25,29). The van der Waals surface area contributed by atoms with Crippen LogP contribution in [0.2, 0.25) is 0 Å². The number of aliphatic hydroxyl groups is 1. The first-order valence-electron chi connectivity index (χ1n) is 9.99. The van der Waals surface area contributed by atoms with Crippen molar-refractivity contribution >= 4 is 34.5 Å². The van der Waals surface area contributed by atoms with E-state index in [1.807, 2.05) is 60.8 Å². The van der Waals surface area contributed by atoms with Gasteiger partial charge in [-0.05, 0) is 54.6 Å². The molecule has 2 aromatic carbocycles. The van der Waals surface area contributed by atoms with Crippen LogP contribution in [0.25, 0.3) is 0 Å². The monoisotopic (exact) mass is 420 g/mol. The zero-order chi connectivity index (χ0) is 21.1. The maximum absolute atomic E-state index is 13.3. The van der Waals surface area contributed by atoms with Crippen LogP contribution in [0.3, 0.4) is 0 Å². The van der Waals surface area contributed by atoms with Gasteiger partial charge >= 0.3 is 0 Å². The lowest BCUT2D eigenvalue weighted by molar-refractivity contribution is -0.125. The number of nitrogens with zero attached hydrogens (tertiary/aromatic N) is 1. The molecule has 1 saturated heterocycles. The molecule has 0 aliphatic carbocycles. The van der Waals surface area contributed by atoms with Crippen molar-refractivity contribution in [3.05, 3.63) is 82.0 Å². The van der Waals surface area contributed by atoms with E-state index in [9.17, 15) is 14.7 Å². The van der Waals surface area contributed by atoms with Gasteiger partial charge in [0.15, 0.2) is 0 Å². The number of aryl methyl sites for hydroxylation is 1. The fraction of sp³-hybridized carbons (Fsp3) is 0.250. The number of carbonyl (C=O) groups is 2. The Morgan fingerprint density at radius 2 is 1.97 bits per heavy atom. The Labute approximate surface area is 180 Å². The van der Waals surface area contributed by atoms with Gasteiger partial charge in [0.2, 0.25) is 11.8 Å². The summed E-state index contributed by atoms with van der Waals surface area (Å²) in [6.45, 7) is 1.93. The molecule has 6 heteroatoms. The number of anilines is 2. The van der Waals surface area contributed by atoms with Crippen LogP contribution < -0.4 is 10.2 Å². The maximum atomic E-state index is 13.3. The van der Waals surface area contributed by atoms with Crippen molar-refractivity contribution in [3.8, 4) is 0 Å². The van der Waals surface area contributed by atoms with Crippen molar-refractivity contribution < 1.29 is 14.7 Å². The van der Waals surface area contributed by atoms with Crippen molar-refractivity contribution in [1.29, 1.82) is 0 Å². The molecule has 1 aliphatic rings. The maximum Gasteiger partial charge on any atom is 0.229 e. The third-order valence-electron chi connectivity index (χ3n) is 5.46. The van der Waals surface area contributed by atoms with Crippen LogP contribution in [0.1, 0.15) is 34.9 Å². The van der Waals surface area contributed by atoms with Gasteiger partial charge in [0.1, 0.15) is 0 Å². The van der Waals surface area contributed by atoms with E-state index in [1.165, 1.54) is 0 Å². The van der Waals surface area contributed by atoms with E-state index in [4.69, 9.17) is 0 Å². The van der Waals surface area contributed by atoms with Crippen molar-refractivity contribution in [2.75, 3.05) is 10.2 Å². The highest BCUT2D eigenvalue weighted by atomic mass is 32.1. The molecule has 2 heterocycles. The molecule has 0 saturated carbocycles. The topological polar surface area (TPSA) is 69.6 Å². The summed E-state index contributed by atoms with van der Waals surface area (Å²) in [5, 5.41) is 14.3. The molecule has 5 nitrogen and oxygen atoms in total. The Morgan fingerprint density at radius 3 is 2.67 bits per heavy atom. The van der Waals surface area contributed by atoms with Crippen molar-refractivity contribution in [2.45, 2.75) is 32.4 Å². The molecule has 4 rings (SSSR count). The van der Waals surface area contributed by atoms with E-state index >= 15 is 0 Å². The average molecular weight is 421 g/mol. The van der Waals surface area contributed by atoms with Crippen molar-refractivity contribution in [3.63, 3.8) is 0 Å². The number of amides is 2. The summed E-state index contributed by atoms with van der Waals surface area (Å²) in [5.74, 6) is -0.461. The highest BCUT2D eigenvalue weighted by molar-refractivity contribution is 7.10. The van der Waals surface area contributed by atoms with Crippen molar-refractivity contribution in [2.24, 2.45) is 5.92 Å². The van der Waals surface area contributed by atoms with E-state index < -0.39 is 0 Å². The molecule has 2 unspecified atom stereocenters. The van der Waals surface area contributed by atoms with Gasteiger partial charge in [0.25, 0.3) is 0 Å². The molecule has 2 N–H and O–H groups in total. The van der Waals surface area contributed by atoms with Gasteiger partial charge in [-0.15, -0.1) is 11.3 Å². The number of carbonyl (C=O) groups excluding carboxylic acids is 2. The second-order valence-corrected chi connectivity index (χ2v) is 8.53. The predicted octanol–water partition coefficient (Wildman–Crippen LogP) is 4.67. The molecule has 1 aromatic heterocycles. The molecular weight excluding hydrogens is 396 g/mol. The number of nitrogens with one attached hydrogen (secondary N) is 1. The largest absolute Gasteiger partial charge is 0.392 e. The highest BCUT2D eigenvalue weighted by Crippen LogP contribution is 2.42. The number of benzene rings is 2. The van der Waals surface area contributed by atoms with Gasteiger partial charge in [-0.25, -0.2) is 0 Å². The molecule has 1 fully saturated rings. The minimum atomic E-state index is -0.375. The number of hydrogen-bond acceptors (Lipinski definition) is 4. The molecular formula is C24H24N2O3S. The van der Waals surface area contributed by atoms with Crippen LogP contribution in [0, 0.1) is 12.8 Å². The number of aliphatic hydroxyl groups excluding tert-OH is 1. The van der Waals surface area contributed by atoms with E-state index in [0.29, 0.717) is 18.5 Å². The minimum absolute atomic E-state index is 0.0311. The van der Waals surface area contributed by atoms with Gasteiger partial charge in [-0.3, -0.25) is 9.59 Å². The normalized spacial score (nSPS) is 19.0. The summed E-state index contributed by atoms with van der Waals surface area (Å²) in [7, 11) is 0. The highest BCUT2D eigenvalue weighted by Gasteiger charge is 2.42. The molecule has 30 heavy (non-hydrogen) atoms. The molecule has 0 radical (unpaired) electrons. The fourth-order valence-electron chi connectivity index (χ4n) is 3.94. The Morgan fingerprint density at radius 1 is 1.17 bits per heavy atom. The van der Waals surface area contributed by atoms with Gasteiger partial charge in [0, 0.05) is 22.7 Å². The number of hydrogen-bond donors (Lipinski definition) is 2. The van der Waals surface area contributed by atoms with Crippen LogP contribution in [0.15, 0.2) is 66.0 Å².